The summed E-state index contributed by atoms with van der Waals surface area (Å²) in [5.74, 6) is -0.172. The Labute approximate surface area is 77.9 Å². The van der Waals surface area contributed by atoms with E-state index in [1.54, 1.807) is 12.1 Å². The van der Waals surface area contributed by atoms with Gasteiger partial charge in [0, 0.05) is 23.1 Å². The molecule has 1 aromatic carbocycles. The van der Waals surface area contributed by atoms with Gasteiger partial charge in [-0.25, -0.2) is 4.39 Å². The van der Waals surface area contributed by atoms with Crippen LogP contribution in [0.25, 0.3) is 10.9 Å². The van der Waals surface area contributed by atoms with Gasteiger partial charge in [0.2, 0.25) is 0 Å². The minimum absolute atomic E-state index is 0.172. The fraction of sp³-hybridized carbons (Fsp3) is 0.111. The highest BCUT2D eigenvalue weighted by Crippen LogP contribution is 2.26. The number of hydrogen-bond donors (Lipinski definition) is 0. The molecule has 0 N–H and O–H groups in total. The number of benzene rings is 1. The number of hydrogen-bond acceptors (Lipinski definition) is 0. The van der Waals surface area contributed by atoms with Crippen LogP contribution in [0.4, 0.5) is 4.39 Å². The summed E-state index contributed by atoms with van der Waals surface area (Å²) in [4.78, 5) is 0. The molecule has 0 spiro atoms. The molecule has 0 aliphatic rings. The highest BCUT2D eigenvalue weighted by Gasteiger charge is 2.06. The van der Waals surface area contributed by atoms with Crippen molar-refractivity contribution in [2.75, 3.05) is 0 Å². The van der Waals surface area contributed by atoms with Crippen molar-refractivity contribution in [3.05, 3.63) is 34.7 Å². The predicted octanol–water partition coefficient (Wildman–Crippen LogP) is 3.08. The maximum Gasteiger partial charge on any atom is 0.132 e. The Morgan fingerprint density at radius 2 is 2.08 bits per heavy atom. The van der Waals surface area contributed by atoms with Crippen LogP contribution in [0.1, 0.15) is 0 Å². The first-order valence-electron chi connectivity index (χ1n) is 3.59. The summed E-state index contributed by atoms with van der Waals surface area (Å²) >= 11 is 3.37. The maximum absolute atomic E-state index is 13.1. The molecule has 3 heteroatoms. The smallest absolute Gasteiger partial charge is 0.132 e. The largest absolute Gasteiger partial charge is 0.350 e. The summed E-state index contributed by atoms with van der Waals surface area (Å²) in [5, 5.41) is 0.659. The lowest BCUT2D eigenvalue weighted by molar-refractivity contribution is 0.639. The standard InChI is InChI=1S/C9H7BrFN/c1-12-5-4-6-8(11)3-2-7(10)9(6)12/h2-5H,1H3. The van der Waals surface area contributed by atoms with Crippen LogP contribution in [-0.2, 0) is 7.05 Å². The molecular formula is C9H7BrFN. The van der Waals surface area contributed by atoms with Crippen LogP contribution < -0.4 is 0 Å². The molecule has 2 aromatic rings. The van der Waals surface area contributed by atoms with Gasteiger partial charge in [0.25, 0.3) is 0 Å². The molecule has 0 aliphatic heterocycles. The van der Waals surface area contributed by atoms with E-state index in [0.717, 1.165) is 9.99 Å². The lowest BCUT2D eigenvalue weighted by Gasteiger charge is -1.99. The quantitative estimate of drug-likeness (QED) is 0.652. The fourth-order valence-corrected chi connectivity index (χ4v) is 1.96. The van der Waals surface area contributed by atoms with Crippen molar-refractivity contribution in [3.63, 3.8) is 0 Å². The normalized spacial score (nSPS) is 10.9. The lowest BCUT2D eigenvalue weighted by Crippen LogP contribution is -1.86. The Morgan fingerprint density at radius 3 is 2.75 bits per heavy atom. The Bertz CT molecular complexity index is 433. The zero-order valence-electron chi connectivity index (χ0n) is 6.51. The number of rotatable bonds is 0. The van der Waals surface area contributed by atoms with Gasteiger partial charge in [-0.05, 0) is 34.1 Å². The SMILES string of the molecule is Cn1ccc2c(F)ccc(Br)c21. The third-order valence-corrected chi connectivity index (χ3v) is 2.57. The molecule has 0 saturated carbocycles. The summed E-state index contributed by atoms with van der Waals surface area (Å²) in [5.41, 5.74) is 0.898. The average molecular weight is 228 g/mol. The highest BCUT2D eigenvalue weighted by atomic mass is 79.9. The molecule has 62 valence electrons. The number of aromatic nitrogens is 1. The van der Waals surface area contributed by atoms with Gasteiger partial charge in [-0.2, -0.15) is 0 Å². The molecular weight excluding hydrogens is 221 g/mol. The van der Waals surface area contributed by atoms with Crippen molar-refractivity contribution in [2.45, 2.75) is 0 Å². The molecule has 0 fully saturated rings. The van der Waals surface area contributed by atoms with Crippen LogP contribution in [0.2, 0.25) is 0 Å². The number of aryl methyl sites for hydroxylation is 1. The van der Waals surface area contributed by atoms with E-state index < -0.39 is 0 Å². The Kier molecular flexibility index (Phi) is 1.68. The molecule has 0 bridgehead atoms. The fourth-order valence-electron chi connectivity index (χ4n) is 1.33. The van der Waals surface area contributed by atoms with E-state index >= 15 is 0 Å². The van der Waals surface area contributed by atoms with E-state index in [-0.39, 0.29) is 5.82 Å². The van der Waals surface area contributed by atoms with Gasteiger partial charge in [-0.15, -0.1) is 0 Å². The first-order chi connectivity index (χ1) is 5.70. The Hall–Kier alpha value is -0.830. The zero-order chi connectivity index (χ0) is 8.72. The highest BCUT2D eigenvalue weighted by molar-refractivity contribution is 9.10. The summed E-state index contributed by atoms with van der Waals surface area (Å²) in [6, 6.07) is 4.96. The summed E-state index contributed by atoms with van der Waals surface area (Å²) in [6.45, 7) is 0. The number of nitrogens with zero attached hydrogens (tertiary/aromatic N) is 1. The summed E-state index contributed by atoms with van der Waals surface area (Å²) in [6.07, 6.45) is 1.85. The monoisotopic (exact) mass is 227 g/mol. The van der Waals surface area contributed by atoms with Crippen molar-refractivity contribution in [1.82, 2.24) is 4.57 Å². The van der Waals surface area contributed by atoms with Crippen molar-refractivity contribution in [3.8, 4) is 0 Å². The minimum Gasteiger partial charge on any atom is -0.350 e. The van der Waals surface area contributed by atoms with Gasteiger partial charge in [-0.3, -0.25) is 0 Å². The first-order valence-corrected chi connectivity index (χ1v) is 4.38. The van der Waals surface area contributed by atoms with Crippen molar-refractivity contribution in [2.24, 2.45) is 7.05 Å². The van der Waals surface area contributed by atoms with Crippen LogP contribution in [-0.4, -0.2) is 4.57 Å². The van der Waals surface area contributed by atoms with Crippen molar-refractivity contribution >= 4 is 26.8 Å². The van der Waals surface area contributed by atoms with Crippen molar-refractivity contribution < 1.29 is 4.39 Å². The molecule has 1 aromatic heterocycles. The summed E-state index contributed by atoms with van der Waals surface area (Å²) < 4.78 is 16.0. The number of fused-ring (bicyclic) bond motifs is 1. The van der Waals surface area contributed by atoms with E-state index in [9.17, 15) is 4.39 Å². The van der Waals surface area contributed by atoms with E-state index in [0.29, 0.717) is 5.39 Å². The topological polar surface area (TPSA) is 4.93 Å². The van der Waals surface area contributed by atoms with E-state index in [4.69, 9.17) is 0 Å². The predicted molar refractivity (Wildman–Crippen MR) is 50.6 cm³/mol. The van der Waals surface area contributed by atoms with Gasteiger partial charge < -0.3 is 4.57 Å². The molecule has 2 rings (SSSR count). The van der Waals surface area contributed by atoms with E-state index in [1.807, 2.05) is 17.8 Å². The third-order valence-electron chi connectivity index (χ3n) is 1.93. The Balaban J connectivity index is 2.98. The second kappa shape index (κ2) is 2.59. The molecule has 1 heterocycles. The van der Waals surface area contributed by atoms with Gasteiger partial charge in [0.1, 0.15) is 5.82 Å². The van der Waals surface area contributed by atoms with Gasteiger partial charge in [-0.1, -0.05) is 0 Å². The van der Waals surface area contributed by atoms with Crippen molar-refractivity contribution in [1.29, 1.82) is 0 Å². The molecule has 0 unspecified atom stereocenters. The number of halogens is 2. The molecule has 0 radical (unpaired) electrons. The van der Waals surface area contributed by atoms with E-state index in [2.05, 4.69) is 15.9 Å². The molecule has 1 nitrogen and oxygen atoms in total. The molecule has 0 saturated heterocycles. The van der Waals surface area contributed by atoms with Crippen LogP contribution in [0.5, 0.6) is 0 Å². The van der Waals surface area contributed by atoms with Gasteiger partial charge in [0.05, 0.1) is 5.52 Å². The molecule has 0 atom stereocenters. The van der Waals surface area contributed by atoms with Crippen LogP contribution >= 0.6 is 15.9 Å². The van der Waals surface area contributed by atoms with Crippen LogP contribution in [0, 0.1) is 5.82 Å². The van der Waals surface area contributed by atoms with Crippen LogP contribution in [0.15, 0.2) is 28.9 Å². The van der Waals surface area contributed by atoms with Crippen LogP contribution in [0.3, 0.4) is 0 Å². The van der Waals surface area contributed by atoms with E-state index in [1.165, 1.54) is 6.07 Å². The second-order valence-corrected chi connectivity index (χ2v) is 3.57. The molecule has 12 heavy (non-hydrogen) atoms. The molecule has 0 amide bonds. The molecule has 0 aliphatic carbocycles. The lowest BCUT2D eigenvalue weighted by atomic mass is 10.2. The van der Waals surface area contributed by atoms with Gasteiger partial charge >= 0.3 is 0 Å². The Morgan fingerprint density at radius 1 is 1.33 bits per heavy atom. The summed E-state index contributed by atoms with van der Waals surface area (Å²) in [7, 11) is 1.90. The van der Waals surface area contributed by atoms with Gasteiger partial charge in [0.15, 0.2) is 0 Å². The third kappa shape index (κ3) is 0.966. The average Bonchev–Trinajstić information content (AvgIpc) is 2.42. The first kappa shape index (κ1) is 7.80. The second-order valence-electron chi connectivity index (χ2n) is 2.72. The zero-order valence-corrected chi connectivity index (χ0v) is 8.10. The minimum atomic E-state index is -0.172. The maximum atomic E-state index is 13.1.